The summed E-state index contributed by atoms with van der Waals surface area (Å²) < 4.78 is 24.8. The molecule has 0 bridgehead atoms. The molecule has 2 N–H and O–H groups in total. The standard InChI is InChI=1S/C14H21NO2S/c1-12-5-7-13(8-6-12)18(16,17)14(11-15)9-3-2-4-10-14/h5-8H,2-4,9-11,15H2,1H3. The Balaban J connectivity index is 2.42. The van der Waals surface area contributed by atoms with Crippen molar-refractivity contribution in [2.45, 2.75) is 48.7 Å². The predicted molar refractivity (Wildman–Crippen MR) is 73.2 cm³/mol. The van der Waals surface area contributed by atoms with Gasteiger partial charge >= 0.3 is 0 Å². The zero-order valence-corrected chi connectivity index (χ0v) is 11.7. The molecule has 1 aliphatic carbocycles. The normalized spacial score (nSPS) is 19.7. The van der Waals surface area contributed by atoms with Crippen molar-refractivity contribution in [3.05, 3.63) is 29.8 Å². The van der Waals surface area contributed by atoms with Gasteiger partial charge in [-0.2, -0.15) is 0 Å². The molecule has 1 fully saturated rings. The molecule has 1 aromatic rings. The number of nitrogens with two attached hydrogens (primary N) is 1. The van der Waals surface area contributed by atoms with E-state index in [-0.39, 0.29) is 6.54 Å². The lowest BCUT2D eigenvalue weighted by molar-refractivity contribution is 0.378. The number of aryl methyl sites for hydroxylation is 1. The average molecular weight is 267 g/mol. The van der Waals surface area contributed by atoms with Gasteiger partial charge in [0.1, 0.15) is 0 Å². The van der Waals surface area contributed by atoms with Gasteiger partial charge in [0, 0.05) is 6.54 Å². The van der Waals surface area contributed by atoms with E-state index in [1.807, 2.05) is 19.1 Å². The Kier molecular flexibility index (Phi) is 3.78. The number of rotatable bonds is 3. The highest BCUT2D eigenvalue weighted by atomic mass is 32.2. The molecule has 1 aromatic carbocycles. The van der Waals surface area contributed by atoms with Crippen molar-refractivity contribution < 1.29 is 8.42 Å². The van der Waals surface area contributed by atoms with Crippen LogP contribution in [0, 0.1) is 6.92 Å². The summed E-state index contributed by atoms with van der Waals surface area (Å²) in [5.74, 6) is 0. The van der Waals surface area contributed by atoms with Crippen LogP contribution in [-0.2, 0) is 9.84 Å². The molecule has 100 valence electrons. The molecule has 0 heterocycles. The molecule has 0 unspecified atom stereocenters. The van der Waals surface area contributed by atoms with Gasteiger partial charge in [-0.1, -0.05) is 37.0 Å². The van der Waals surface area contributed by atoms with Crippen molar-refractivity contribution in [3.8, 4) is 0 Å². The predicted octanol–water partition coefficient (Wildman–Crippen LogP) is 2.43. The van der Waals surface area contributed by atoms with Crippen LogP contribution in [0.25, 0.3) is 0 Å². The van der Waals surface area contributed by atoms with E-state index in [2.05, 4.69) is 0 Å². The summed E-state index contributed by atoms with van der Waals surface area (Å²) in [6.45, 7) is 2.18. The highest BCUT2D eigenvalue weighted by Crippen LogP contribution is 2.38. The largest absolute Gasteiger partial charge is 0.329 e. The maximum absolute atomic E-state index is 12.8. The van der Waals surface area contributed by atoms with Crippen LogP contribution in [0.1, 0.15) is 37.7 Å². The fourth-order valence-electron chi connectivity index (χ4n) is 2.75. The van der Waals surface area contributed by atoms with E-state index in [9.17, 15) is 8.42 Å². The first kappa shape index (κ1) is 13.6. The number of hydrogen-bond donors (Lipinski definition) is 1. The van der Waals surface area contributed by atoms with Gasteiger partial charge in [0.15, 0.2) is 9.84 Å². The fourth-order valence-corrected chi connectivity index (χ4v) is 4.79. The van der Waals surface area contributed by atoms with Gasteiger partial charge in [-0.25, -0.2) is 8.42 Å². The lowest BCUT2D eigenvalue weighted by atomic mass is 9.88. The lowest BCUT2D eigenvalue weighted by Gasteiger charge is -2.35. The average Bonchev–Trinajstić information content (AvgIpc) is 2.40. The summed E-state index contributed by atoms with van der Waals surface area (Å²) in [6, 6.07) is 7.10. The molecule has 1 saturated carbocycles. The monoisotopic (exact) mass is 267 g/mol. The first-order chi connectivity index (χ1) is 8.52. The highest BCUT2D eigenvalue weighted by molar-refractivity contribution is 7.92. The third-order valence-corrected chi connectivity index (χ3v) is 6.65. The van der Waals surface area contributed by atoms with E-state index in [4.69, 9.17) is 5.73 Å². The van der Waals surface area contributed by atoms with Gasteiger partial charge in [0.2, 0.25) is 0 Å². The Bertz CT molecular complexity index is 499. The molecular formula is C14H21NO2S. The second-order valence-electron chi connectivity index (χ2n) is 5.26. The summed E-state index contributed by atoms with van der Waals surface area (Å²) in [4.78, 5) is 0.417. The summed E-state index contributed by atoms with van der Waals surface area (Å²) in [5.41, 5.74) is 6.88. The van der Waals surface area contributed by atoms with E-state index in [1.54, 1.807) is 12.1 Å². The molecule has 0 radical (unpaired) electrons. The molecule has 4 heteroatoms. The Morgan fingerprint density at radius 1 is 1.11 bits per heavy atom. The summed E-state index contributed by atoms with van der Waals surface area (Å²) in [5, 5.41) is 0. The van der Waals surface area contributed by atoms with Crippen molar-refractivity contribution in [2.75, 3.05) is 6.54 Å². The van der Waals surface area contributed by atoms with Crippen molar-refractivity contribution in [1.29, 1.82) is 0 Å². The van der Waals surface area contributed by atoms with Crippen LogP contribution in [-0.4, -0.2) is 19.7 Å². The minimum Gasteiger partial charge on any atom is -0.329 e. The fraction of sp³-hybridized carbons (Fsp3) is 0.571. The molecule has 0 saturated heterocycles. The molecule has 0 atom stereocenters. The van der Waals surface area contributed by atoms with E-state index in [1.165, 1.54) is 0 Å². The second kappa shape index (κ2) is 5.02. The second-order valence-corrected chi connectivity index (χ2v) is 7.61. The number of benzene rings is 1. The van der Waals surface area contributed by atoms with Crippen LogP contribution in [0.15, 0.2) is 29.2 Å². The first-order valence-corrected chi connectivity index (χ1v) is 8.02. The maximum Gasteiger partial charge on any atom is 0.185 e. The van der Waals surface area contributed by atoms with Gasteiger partial charge in [0.25, 0.3) is 0 Å². The smallest absolute Gasteiger partial charge is 0.185 e. The van der Waals surface area contributed by atoms with Gasteiger partial charge in [-0.3, -0.25) is 0 Å². The molecule has 18 heavy (non-hydrogen) atoms. The van der Waals surface area contributed by atoms with Gasteiger partial charge in [-0.05, 0) is 31.9 Å². The topological polar surface area (TPSA) is 60.2 Å². The lowest BCUT2D eigenvalue weighted by Crippen LogP contribution is -2.47. The Hall–Kier alpha value is -0.870. The van der Waals surface area contributed by atoms with Crippen molar-refractivity contribution in [2.24, 2.45) is 5.73 Å². The molecule has 0 amide bonds. The van der Waals surface area contributed by atoms with Crippen LogP contribution in [0.3, 0.4) is 0 Å². The molecule has 3 nitrogen and oxygen atoms in total. The summed E-state index contributed by atoms with van der Waals surface area (Å²) >= 11 is 0. The third-order valence-electron chi connectivity index (χ3n) is 4.04. The Morgan fingerprint density at radius 3 is 2.17 bits per heavy atom. The molecule has 1 aliphatic rings. The Labute approximate surface area is 109 Å². The zero-order valence-electron chi connectivity index (χ0n) is 10.9. The van der Waals surface area contributed by atoms with Crippen LogP contribution >= 0.6 is 0 Å². The number of sulfone groups is 1. The zero-order chi connectivity index (χ0) is 13.2. The first-order valence-electron chi connectivity index (χ1n) is 6.53. The van der Waals surface area contributed by atoms with E-state index in [0.717, 1.165) is 24.8 Å². The van der Waals surface area contributed by atoms with Crippen molar-refractivity contribution >= 4 is 9.84 Å². The van der Waals surface area contributed by atoms with Crippen LogP contribution in [0.2, 0.25) is 0 Å². The minimum absolute atomic E-state index is 0.225. The van der Waals surface area contributed by atoms with Crippen LogP contribution in [0.5, 0.6) is 0 Å². The minimum atomic E-state index is -3.32. The highest BCUT2D eigenvalue weighted by Gasteiger charge is 2.44. The molecule has 2 rings (SSSR count). The molecule has 0 aromatic heterocycles. The maximum atomic E-state index is 12.8. The summed E-state index contributed by atoms with van der Waals surface area (Å²) in [7, 11) is -3.32. The number of hydrogen-bond acceptors (Lipinski definition) is 3. The van der Waals surface area contributed by atoms with Crippen LogP contribution < -0.4 is 5.73 Å². The molecule has 0 spiro atoms. The summed E-state index contributed by atoms with van der Waals surface area (Å²) in [6.07, 6.45) is 4.43. The van der Waals surface area contributed by atoms with Gasteiger partial charge in [0.05, 0.1) is 9.64 Å². The SMILES string of the molecule is Cc1ccc(S(=O)(=O)C2(CN)CCCCC2)cc1. The molecule has 0 aliphatic heterocycles. The van der Waals surface area contributed by atoms with Gasteiger partial charge < -0.3 is 5.73 Å². The van der Waals surface area contributed by atoms with E-state index < -0.39 is 14.6 Å². The van der Waals surface area contributed by atoms with Crippen molar-refractivity contribution in [1.82, 2.24) is 0 Å². The molecular weight excluding hydrogens is 246 g/mol. The van der Waals surface area contributed by atoms with E-state index >= 15 is 0 Å². The van der Waals surface area contributed by atoms with Gasteiger partial charge in [-0.15, -0.1) is 0 Å². The van der Waals surface area contributed by atoms with Crippen molar-refractivity contribution in [3.63, 3.8) is 0 Å². The van der Waals surface area contributed by atoms with Crippen LogP contribution in [0.4, 0.5) is 0 Å². The Morgan fingerprint density at radius 2 is 1.67 bits per heavy atom. The van der Waals surface area contributed by atoms with E-state index in [0.29, 0.717) is 17.7 Å². The third kappa shape index (κ3) is 2.19. The quantitative estimate of drug-likeness (QED) is 0.915.